The van der Waals surface area contributed by atoms with Crippen LogP contribution in [0.4, 0.5) is 4.39 Å². The monoisotopic (exact) mass is 293 g/mol. The fourth-order valence-corrected chi connectivity index (χ4v) is 3.48. The van der Waals surface area contributed by atoms with Crippen molar-refractivity contribution in [1.82, 2.24) is 5.32 Å². The zero-order chi connectivity index (χ0) is 14.7. The highest BCUT2D eigenvalue weighted by Crippen LogP contribution is 2.37. The number of rotatable bonds is 6. The minimum Gasteiger partial charge on any atom is -0.396 e. The molecule has 21 heavy (non-hydrogen) atoms. The van der Waals surface area contributed by atoms with E-state index in [1.165, 1.54) is 37.8 Å². The summed E-state index contributed by atoms with van der Waals surface area (Å²) in [5, 5.41) is 13.2. The van der Waals surface area contributed by atoms with Crippen LogP contribution >= 0.6 is 0 Å². The van der Waals surface area contributed by atoms with Gasteiger partial charge >= 0.3 is 0 Å². The SMILES string of the molecule is OCC1(CNC(c2ccc(F)cc2)C2CCCC2)COC1. The molecule has 1 unspecified atom stereocenters. The molecule has 116 valence electrons. The standard InChI is InChI=1S/C17H24FNO2/c18-15-7-5-14(6-8-15)16(13-3-1-2-4-13)19-9-17(10-20)11-21-12-17/h5-8,13,16,19-20H,1-4,9-12H2. The van der Waals surface area contributed by atoms with Crippen LogP contribution in [0.5, 0.6) is 0 Å². The van der Waals surface area contributed by atoms with E-state index in [9.17, 15) is 9.50 Å². The number of hydrogen-bond acceptors (Lipinski definition) is 3. The quantitative estimate of drug-likeness (QED) is 0.847. The first kappa shape index (κ1) is 14.9. The van der Waals surface area contributed by atoms with Crippen LogP contribution < -0.4 is 5.32 Å². The Bertz CT molecular complexity index is 447. The third kappa shape index (κ3) is 3.28. The lowest BCUT2D eigenvalue weighted by Crippen LogP contribution is -2.53. The summed E-state index contributed by atoms with van der Waals surface area (Å²) in [6.45, 7) is 2.15. The lowest BCUT2D eigenvalue weighted by atomic mass is 9.85. The van der Waals surface area contributed by atoms with E-state index in [2.05, 4.69) is 5.32 Å². The molecule has 3 nitrogen and oxygen atoms in total. The van der Waals surface area contributed by atoms with Crippen LogP contribution in [0.2, 0.25) is 0 Å². The number of nitrogens with one attached hydrogen (secondary N) is 1. The Hall–Kier alpha value is -0.970. The average molecular weight is 293 g/mol. The van der Waals surface area contributed by atoms with Crippen molar-refractivity contribution in [2.75, 3.05) is 26.4 Å². The summed E-state index contributed by atoms with van der Waals surface area (Å²) in [7, 11) is 0. The van der Waals surface area contributed by atoms with Gasteiger partial charge in [0.2, 0.25) is 0 Å². The molecule has 3 rings (SSSR count). The Kier molecular flexibility index (Phi) is 4.57. The van der Waals surface area contributed by atoms with Gasteiger partial charge in [-0.3, -0.25) is 0 Å². The van der Waals surface area contributed by atoms with Gasteiger partial charge in [0, 0.05) is 12.6 Å². The predicted octanol–water partition coefficient (Wildman–Crippen LogP) is 2.66. The number of benzene rings is 1. The van der Waals surface area contributed by atoms with Gasteiger partial charge in [0.1, 0.15) is 5.82 Å². The number of halogens is 1. The molecule has 4 heteroatoms. The molecule has 1 aliphatic carbocycles. The van der Waals surface area contributed by atoms with Crippen LogP contribution in [0.3, 0.4) is 0 Å². The first-order valence-corrected chi connectivity index (χ1v) is 7.90. The zero-order valence-corrected chi connectivity index (χ0v) is 12.4. The molecule has 0 aromatic heterocycles. The van der Waals surface area contributed by atoms with Crippen molar-refractivity contribution in [3.8, 4) is 0 Å². The summed E-state index contributed by atoms with van der Waals surface area (Å²) in [6.07, 6.45) is 4.99. The fraction of sp³-hybridized carbons (Fsp3) is 0.647. The number of aliphatic hydroxyl groups is 1. The number of hydrogen-bond donors (Lipinski definition) is 2. The van der Waals surface area contributed by atoms with Crippen molar-refractivity contribution < 1.29 is 14.2 Å². The van der Waals surface area contributed by atoms with Crippen LogP contribution in [0.1, 0.15) is 37.3 Å². The zero-order valence-electron chi connectivity index (χ0n) is 12.4. The van der Waals surface area contributed by atoms with Crippen molar-refractivity contribution in [3.63, 3.8) is 0 Å². The van der Waals surface area contributed by atoms with Crippen LogP contribution in [0.15, 0.2) is 24.3 Å². The molecule has 1 atom stereocenters. The van der Waals surface area contributed by atoms with Crippen molar-refractivity contribution in [2.45, 2.75) is 31.7 Å². The molecule has 2 N–H and O–H groups in total. The third-order valence-corrected chi connectivity index (χ3v) is 4.95. The molecule has 1 saturated heterocycles. The lowest BCUT2D eigenvalue weighted by Gasteiger charge is -2.41. The Morgan fingerprint density at radius 3 is 2.43 bits per heavy atom. The third-order valence-electron chi connectivity index (χ3n) is 4.95. The number of ether oxygens (including phenoxy) is 1. The van der Waals surface area contributed by atoms with E-state index < -0.39 is 0 Å². The summed E-state index contributed by atoms with van der Waals surface area (Å²) in [4.78, 5) is 0. The maximum atomic E-state index is 13.2. The Morgan fingerprint density at radius 2 is 1.90 bits per heavy atom. The van der Waals surface area contributed by atoms with Crippen molar-refractivity contribution in [3.05, 3.63) is 35.6 Å². The van der Waals surface area contributed by atoms with Gasteiger partial charge in [-0.2, -0.15) is 0 Å². The second kappa shape index (κ2) is 6.42. The normalized spacial score (nSPS) is 23.0. The fourth-order valence-electron chi connectivity index (χ4n) is 3.48. The lowest BCUT2D eigenvalue weighted by molar-refractivity contribution is -0.135. The molecule has 2 aliphatic rings. The average Bonchev–Trinajstić information content (AvgIpc) is 2.97. The van der Waals surface area contributed by atoms with Gasteiger partial charge in [0.15, 0.2) is 0 Å². The van der Waals surface area contributed by atoms with Gasteiger partial charge in [-0.1, -0.05) is 25.0 Å². The highest BCUT2D eigenvalue weighted by atomic mass is 19.1. The molecule has 0 radical (unpaired) electrons. The second-order valence-electron chi connectivity index (χ2n) is 6.61. The van der Waals surface area contributed by atoms with E-state index >= 15 is 0 Å². The molecule has 0 bridgehead atoms. The Labute approximate surface area is 125 Å². The Morgan fingerprint density at radius 1 is 1.24 bits per heavy atom. The van der Waals surface area contributed by atoms with Crippen molar-refractivity contribution >= 4 is 0 Å². The van der Waals surface area contributed by atoms with Crippen LogP contribution in [-0.4, -0.2) is 31.5 Å². The molecule has 0 spiro atoms. The summed E-state index contributed by atoms with van der Waals surface area (Å²) in [5.41, 5.74) is 1.02. The van der Waals surface area contributed by atoms with E-state index in [0.29, 0.717) is 19.1 Å². The molecule has 1 saturated carbocycles. The van der Waals surface area contributed by atoms with Gasteiger partial charge in [-0.25, -0.2) is 4.39 Å². The van der Waals surface area contributed by atoms with Crippen LogP contribution in [0, 0.1) is 17.2 Å². The first-order chi connectivity index (χ1) is 10.2. The van der Waals surface area contributed by atoms with Gasteiger partial charge in [0.25, 0.3) is 0 Å². The maximum absolute atomic E-state index is 13.2. The van der Waals surface area contributed by atoms with Gasteiger partial charge in [-0.05, 0) is 36.5 Å². The number of aliphatic hydroxyl groups excluding tert-OH is 1. The summed E-state index contributed by atoms with van der Waals surface area (Å²) in [5.74, 6) is 0.412. The van der Waals surface area contributed by atoms with Crippen LogP contribution in [-0.2, 0) is 4.74 Å². The molecule has 1 aliphatic heterocycles. The molecule has 2 fully saturated rings. The van der Waals surface area contributed by atoms with Crippen molar-refractivity contribution in [2.24, 2.45) is 11.3 Å². The molecule has 0 amide bonds. The smallest absolute Gasteiger partial charge is 0.123 e. The summed E-state index contributed by atoms with van der Waals surface area (Å²) >= 11 is 0. The van der Waals surface area contributed by atoms with E-state index in [4.69, 9.17) is 4.74 Å². The predicted molar refractivity (Wildman–Crippen MR) is 79.4 cm³/mol. The molecular weight excluding hydrogens is 269 g/mol. The Balaban J connectivity index is 1.71. The minimum absolute atomic E-state index is 0.128. The maximum Gasteiger partial charge on any atom is 0.123 e. The van der Waals surface area contributed by atoms with E-state index in [-0.39, 0.29) is 23.9 Å². The molecule has 1 heterocycles. The van der Waals surface area contributed by atoms with Gasteiger partial charge < -0.3 is 15.2 Å². The van der Waals surface area contributed by atoms with E-state index in [1.807, 2.05) is 12.1 Å². The van der Waals surface area contributed by atoms with Crippen molar-refractivity contribution in [1.29, 1.82) is 0 Å². The van der Waals surface area contributed by atoms with E-state index in [1.54, 1.807) is 0 Å². The largest absolute Gasteiger partial charge is 0.396 e. The highest BCUT2D eigenvalue weighted by Gasteiger charge is 2.39. The van der Waals surface area contributed by atoms with Gasteiger partial charge in [-0.15, -0.1) is 0 Å². The summed E-state index contributed by atoms with van der Waals surface area (Å²) < 4.78 is 18.4. The highest BCUT2D eigenvalue weighted by molar-refractivity contribution is 5.21. The van der Waals surface area contributed by atoms with Gasteiger partial charge in [0.05, 0.1) is 25.2 Å². The minimum atomic E-state index is -0.192. The molecule has 1 aromatic carbocycles. The second-order valence-corrected chi connectivity index (χ2v) is 6.61. The van der Waals surface area contributed by atoms with Crippen LogP contribution in [0.25, 0.3) is 0 Å². The summed E-state index contributed by atoms with van der Waals surface area (Å²) in [6, 6.07) is 7.08. The van der Waals surface area contributed by atoms with E-state index in [0.717, 1.165) is 12.1 Å². The molecular formula is C17H24FNO2. The first-order valence-electron chi connectivity index (χ1n) is 7.90. The molecule has 1 aromatic rings. The topological polar surface area (TPSA) is 41.5 Å².